The second kappa shape index (κ2) is 5.88. The Kier molecular flexibility index (Phi) is 4.18. The van der Waals surface area contributed by atoms with Crippen LogP contribution in [0.1, 0.15) is 15.9 Å². The molecule has 2 N–H and O–H groups in total. The zero-order valence-electron chi connectivity index (χ0n) is 10.8. The molecule has 0 aliphatic heterocycles. The number of nitro groups is 1. The van der Waals surface area contributed by atoms with Crippen molar-refractivity contribution in [2.24, 2.45) is 0 Å². The van der Waals surface area contributed by atoms with Crippen LogP contribution in [0.3, 0.4) is 0 Å². The summed E-state index contributed by atoms with van der Waals surface area (Å²) >= 11 is 3.21. The van der Waals surface area contributed by atoms with E-state index in [2.05, 4.69) is 26.2 Å². The second-order valence-corrected chi connectivity index (χ2v) is 5.09. The molecule has 0 saturated heterocycles. The van der Waals surface area contributed by atoms with Gasteiger partial charge in [-0.05, 0) is 46.6 Å². The molecule has 0 atom stereocenters. The number of hydrogen-bond acceptors (Lipinski definition) is 5. The van der Waals surface area contributed by atoms with Crippen LogP contribution < -0.4 is 5.32 Å². The van der Waals surface area contributed by atoms with Crippen molar-refractivity contribution in [2.45, 2.75) is 6.92 Å². The molecular weight excluding hydrogens is 342 g/mol. The highest BCUT2D eigenvalue weighted by molar-refractivity contribution is 9.10. The Morgan fingerprint density at radius 2 is 2.14 bits per heavy atom. The van der Waals surface area contributed by atoms with Gasteiger partial charge in [0.05, 0.1) is 15.0 Å². The Morgan fingerprint density at radius 3 is 2.71 bits per heavy atom. The first-order valence-electron chi connectivity index (χ1n) is 5.79. The number of pyridine rings is 1. The predicted molar refractivity (Wildman–Crippen MR) is 80.0 cm³/mol. The van der Waals surface area contributed by atoms with Crippen LogP contribution in [0.15, 0.2) is 35.1 Å². The molecule has 0 aliphatic rings. The zero-order valence-corrected chi connectivity index (χ0v) is 12.4. The molecule has 21 heavy (non-hydrogen) atoms. The van der Waals surface area contributed by atoms with E-state index in [9.17, 15) is 14.9 Å². The van der Waals surface area contributed by atoms with Gasteiger partial charge in [-0.15, -0.1) is 0 Å². The third-order valence-electron chi connectivity index (χ3n) is 2.80. The summed E-state index contributed by atoms with van der Waals surface area (Å²) in [7, 11) is 0. The van der Waals surface area contributed by atoms with Gasteiger partial charge in [-0.25, -0.2) is 4.79 Å². The lowest BCUT2D eigenvalue weighted by atomic mass is 10.1. The Hall–Kier alpha value is -2.48. The van der Waals surface area contributed by atoms with Crippen LogP contribution in [0.25, 0.3) is 0 Å². The van der Waals surface area contributed by atoms with Gasteiger partial charge in [-0.2, -0.15) is 0 Å². The molecule has 0 radical (unpaired) electrons. The van der Waals surface area contributed by atoms with Crippen molar-refractivity contribution in [3.63, 3.8) is 0 Å². The Balaban J connectivity index is 2.41. The van der Waals surface area contributed by atoms with Crippen LogP contribution in [0, 0.1) is 17.0 Å². The van der Waals surface area contributed by atoms with Gasteiger partial charge < -0.3 is 10.4 Å². The first-order chi connectivity index (χ1) is 9.90. The van der Waals surface area contributed by atoms with Crippen LogP contribution >= 0.6 is 15.9 Å². The van der Waals surface area contributed by atoms with E-state index in [1.807, 2.05) is 0 Å². The van der Waals surface area contributed by atoms with Crippen molar-refractivity contribution in [3.8, 4) is 0 Å². The number of aromatic carboxylic acids is 1. The van der Waals surface area contributed by atoms with E-state index in [1.54, 1.807) is 19.1 Å². The van der Waals surface area contributed by atoms with Crippen LogP contribution in [0.4, 0.5) is 17.1 Å². The van der Waals surface area contributed by atoms with Crippen LogP contribution in [0.5, 0.6) is 0 Å². The minimum Gasteiger partial charge on any atom is -0.478 e. The molecule has 108 valence electrons. The highest BCUT2D eigenvalue weighted by Gasteiger charge is 2.18. The third kappa shape index (κ3) is 3.16. The fourth-order valence-electron chi connectivity index (χ4n) is 1.81. The summed E-state index contributed by atoms with van der Waals surface area (Å²) in [5.41, 5.74) is 1.37. The van der Waals surface area contributed by atoms with E-state index < -0.39 is 10.9 Å². The summed E-state index contributed by atoms with van der Waals surface area (Å²) in [5.74, 6) is -1.02. The van der Waals surface area contributed by atoms with E-state index in [0.29, 0.717) is 15.7 Å². The summed E-state index contributed by atoms with van der Waals surface area (Å²) in [6.07, 6.45) is 2.58. The molecule has 2 aromatic rings. The third-order valence-corrected chi connectivity index (χ3v) is 3.40. The Labute approximate surface area is 127 Å². The summed E-state index contributed by atoms with van der Waals surface area (Å²) in [6, 6.07) is 4.61. The maximum atomic E-state index is 11.0. The van der Waals surface area contributed by atoms with E-state index in [-0.39, 0.29) is 16.9 Å². The number of nitrogens with zero attached hydrogens (tertiary/aromatic N) is 2. The lowest BCUT2D eigenvalue weighted by molar-refractivity contribution is -0.384. The fourth-order valence-corrected chi connectivity index (χ4v) is 2.23. The first kappa shape index (κ1) is 14.9. The number of aromatic nitrogens is 1. The molecule has 0 bridgehead atoms. The van der Waals surface area contributed by atoms with Crippen LogP contribution in [-0.4, -0.2) is 21.0 Å². The molecule has 2 rings (SSSR count). The number of halogens is 1. The summed E-state index contributed by atoms with van der Waals surface area (Å²) in [4.78, 5) is 25.2. The molecule has 1 aromatic carbocycles. The van der Waals surface area contributed by atoms with Gasteiger partial charge >= 0.3 is 11.7 Å². The minimum atomic E-state index is -1.02. The lowest BCUT2D eigenvalue weighted by Crippen LogP contribution is -2.02. The van der Waals surface area contributed by atoms with Gasteiger partial charge in [0.15, 0.2) is 0 Å². The smallest absolute Gasteiger partial charge is 0.335 e. The second-order valence-electron chi connectivity index (χ2n) is 4.23. The number of carboxylic acids is 1. The normalized spacial score (nSPS) is 10.2. The number of anilines is 2. The van der Waals surface area contributed by atoms with E-state index in [0.717, 1.165) is 6.20 Å². The molecule has 0 unspecified atom stereocenters. The molecule has 1 aromatic heterocycles. The number of aryl methyl sites for hydroxylation is 1. The number of nitrogens with one attached hydrogen (secondary N) is 1. The summed E-state index contributed by atoms with van der Waals surface area (Å²) < 4.78 is 0.441. The molecule has 0 spiro atoms. The summed E-state index contributed by atoms with van der Waals surface area (Å²) in [6.45, 7) is 1.66. The molecule has 1 heterocycles. The van der Waals surface area contributed by atoms with Gasteiger partial charge in [-0.1, -0.05) is 0 Å². The van der Waals surface area contributed by atoms with Gasteiger partial charge in [0.2, 0.25) is 0 Å². The standard InChI is InChI=1S/C13H10BrN3O4/c1-7-4-8(2-3-9(7)13(18)19)16-12-10(14)5-15-6-11(12)17(20)21/h2-6H,1H3,(H,15,16)(H,18,19). The molecule has 0 fully saturated rings. The Morgan fingerprint density at radius 1 is 1.43 bits per heavy atom. The number of benzene rings is 1. The van der Waals surface area contributed by atoms with Crippen LogP contribution in [-0.2, 0) is 0 Å². The molecule has 0 saturated carbocycles. The highest BCUT2D eigenvalue weighted by Crippen LogP contribution is 2.34. The van der Waals surface area contributed by atoms with Crippen molar-refractivity contribution in [3.05, 3.63) is 56.3 Å². The highest BCUT2D eigenvalue weighted by atomic mass is 79.9. The van der Waals surface area contributed by atoms with E-state index in [4.69, 9.17) is 5.11 Å². The van der Waals surface area contributed by atoms with Crippen molar-refractivity contribution in [2.75, 3.05) is 5.32 Å². The number of carbonyl (C=O) groups is 1. The van der Waals surface area contributed by atoms with Gasteiger partial charge in [0.1, 0.15) is 11.9 Å². The molecule has 8 heteroatoms. The quantitative estimate of drug-likeness (QED) is 0.644. The monoisotopic (exact) mass is 351 g/mol. The predicted octanol–water partition coefficient (Wildman–Crippen LogP) is 3.50. The van der Waals surface area contributed by atoms with Crippen molar-refractivity contribution >= 4 is 39.0 Å². The Bertz CT molecular complexity index is 733. The average molecular weight is 352 g/mol. The average Bonchev–Trinajstić information content (AvgIpc) is 2.40. The molecule has 0 aliphatic carbocycles. The topological polar surface area (TPSA) is 105 Å². The lowest BCUT2D eigenvalue weighted by Gasteiger charge is -2.10. The van der Waals surface area contributed by atoms with Crippen molar-refractivity contribution in [1.29, 1.82) is 0 Å². The van der Waals surface area contributed by atoms with Gasteiger partial charge in [-0.3, -0.25) is 15.1 Å². The number of rotatable bonds is 4. The zero-order chi connectivity index (χ0) is 15.6. The van der Waals surface area contributed by atoms with Gasteiger partial charge in [0.25, 0.3) is 0 Å². The van der Waals surface area contributed by atoms with Gasteiger partial charge in [0, 0.05) is 11.9 Å². The fraction of sp³-hybridized carbons (Fsp3) is 0.0769. The number of hydrogen-bond donors (Lipinski definition) is 2. The maximum absolute atomic E-state index is 11.0. The molecule has 7 nitrogen and oxygen atoms in total. The van der Waals surface area contributed by atoms with E-state index in [1.165, 1.54) is 12.3 Å². The summed E-state index contributed by atoms with van der Waals surface area (Å²) in [5, 5.41) is 22.9. The maximum Gasteiger partial charge on any atom is 0.335 e. The largest absolute Gasteiger partial charge is 0.478 e. The van der Waals surface area contributed by atoms with Crippen LogP contribution in [0.2, 0.25) is 0 Å². The molecular formula is C13H10BrN3O4. The SMILES string of the molecule is Cc1cc(Nc2c(Br)cncc2[N+](=O)[O-])ccc1C(=O)O. The minimum absolute atomic E-state index is 0.177. The number of carboxylic acid groups (broad SMARTS) is 1. The molecule has 0 amide bonds. The first-order valence-corrected chi connectivity index (χ1v) is 6.58. The van der Waals surface area contributed by atoms with Crippen molar-refractivity contribution < 1.29 is 14.8 Å². The van der Waals surface area contributed by atoms with E-state index >= 15 is 0 Å². The van der Waals surface area contributed by atoms with Crippen molar-refractivity contribution in [1.82, 2.24) is 4.98 Å².